The SMILES string of the molecule is CCn1c(N)nc2c(Nc3cccc(Cl)c3)nc(C3CCCCC3)nc21. The predicted octanol–water partition coefficient (Wildman–Crippen LogP) is 4.87. The van der Waals surface area contributed by atoms with Crippen molar-refractivity contribution in [1.29, 1.82) is 0 Å². The Balaban J connectivity index is 1.83. The molecule has 0 amide bonds. The fourth-order valence-electron chi connectivity index (χ4n) is 3.68. The lowest BCUT2D eigenvalue weighted by Gasteiger charge is -2.21. The highest BCUT2D eigenvalue weighted by Crippen LogP contribution is 2.34. The third-order valence-electron chi connectivity index (χ3n) is 5.02. The molecule has 1 saturated carbocycles. The van der Waals surface area contributed by atoms with Crippen LogP contribution in [0.4, 0.5) is 17.5 Å². The van der Waals surface area contributed by atoms with Gasteiger partial charge in [-0.15, -0.1) is 0 Å². The number of nitrogens with two attached hydrogens (primary N) is 1. The van der Waals surface area contributed by atoms with Gasteiger partial charge in [-0.3, -0.25) is 4.57 Å². The first-order valence-electron chi connectivity index (χ1n) is 9.22. The second-order valence-corrected chi connectivity index (χ2v) is 7.22. The molecule has 3 N–H and O–H groups in total. The van der Waals surface area contributed by atoms with E-state index < -0.39 is 0 Å². The average molecular weight is 371 g/mol. The van der Waals surface area contributed by atoms with E-state index in [2.05, 4.69) is 10.3 Å². The van der Waals surface area contributed by atoms with Crippen LogP contribution in [-0.2, 0) is 6.54 Å². The van der Waals surface area contributed by atoms with Crippen molar-refractivity contribution < 1.29 is 0 Å². The summed E-state index contributed by atoms with van der Waals surface area (Å²) in [5.41, 5.74) is 8.48. The maximum absolute atomic E-state index is 6.12. The second-order valence-electron chi connectivity index (χ2n) is 6.79. The maximum Gasteiger partial charge on any atom is 0.202 e. The van der Waals surface area contributed by atoms with Crippen LogP contribution in [0, 0.1) is 0 Å². The van der Waals surface area contributed by atoms with Crippen LogP contribution in [0.2, 0.25) is 5.02 Å². The number of benzene rings is 1. The molecule has 26 heavy (non-hydrogen) atoms. The van der Waals surface area contributed by atoms with E-state index in [-0.39, 0.29) is 0 Å². The molecule has 0 atom stereocenters. The molecule has 2 aromatic heterocycles. The van der Waals surface area contributed by atoms with Crippen LogP contribution >= 0.6 is 11.6 Å². The van der Waals surface area contributed by atoms with Crippen molar-refractivity contribution in [2.75, 3.05) is 11.1 Å². The Morgan fingerprint density at radius 2 is 2.00 bits per heavy atom. The Labute approximate surface area is 157 Å². The van der Waals surface area contributed by atoms with Gasteiger partial charge in [0, 0.05) is 23.2 Å². The summed E-state index contributed by atoms with van der Waals surface area (Å²) >= 11 is 6.12. The van der Waals surface area contributed by atoms with Crippen molar-refractivity contribution in [1.82, 2.24) is 19.5 Å². The molecule has 6 nitrogen and oxygen atoms in total. The van der Waals surface area contributed by atoms with Gasteiger partial charge in [-0.25, -0.2) is 15.0 Å². The number of hydrogen-bond donors (Lipinski definition) is 2. The van der Waals surface area contributed by atoms with Crippen LogP contribution < -0.4 is 11.1 Å². The van der Waals surface area contributed by atoms with E-state index in [9.17, 15) is 0 Å². The van der Waals surface area contributed by atoms with E-state index in [0.717, 1.165) is 36.5 Å². The van der Waals surface area contributed by atoms with Gasteiger partial charge < -0.3 is 11.1 Å². The standard InChI is InChI=1S/C19H23ClN6/c1-2-26-18-15(23-19(26)21)17(22-14-10-6-9-13(20)11-14)24-16(25-18)12-7-4-3-5-8-12/h6,9-12H,2-5,7-8H2,1H3,(H2,21,23)(H,22,24,25). The number of nitrogen functional groups attached to an aromatic ring is 1. The minimum Gasteiger partial charge on any atom is -0.369 e. The van der Waals surface area contributed by atoms with E-state index in [4.69, 9.17) is 27.3 Å². The zero-order valence-corrected chi connectivity index (χ0v) is 15.6. The van der Waals surface area contributed by atoms with Gasteiger partial charge in [-0.1, -0.05) is 36.9 Å². The van der Waals surface area contributed by atoms with Crippen molar-refractivity contribution in [3.8, 4) is 0 Å². The molecule has 4 rings (SSSR count). The van der Waals surface area contributed by atoms with Gasteiger partial charge in [0.05, 0.1) is 0 Å². The summed E-state index contributed by atoms with van der Waals surface area (Å²) in [6.45, 7) is 2.77. The number of fused-ring (bicyclic) bond motifs is 1. The molecule has 0 bridgehead atoms. The molecule has 0 radical (unpaired) electrons. The molecule has 3 aromatic rings. The van der Waals surface area contributed by atoms with E-state index in [0.29, 0.717) is 28.2 Å². The summed E-state index contributed by atoms with van der Waals surface area (Å²) < 4.78 is 1.94. The number of imidazole rings is 1. The van der Waals surface area contributed by atoms with Crippen molar-refractivity contribution in [2.24, 2.45) is 0 Å². The molecule has 1 fully saturated rings. The number of anilines is 3. The summed E-state index contributed by atoms with van der Waals surface area (Å²) in [5, 5.41) is 4.04. The molecule has 0 aliphatic heterocycles. The zero-order chi connectivity index (χ0) is 18.1. The average Bonchev–Trinajstić information content (AvgIpc) is 2.98. The quantitative estimate of drug-likeness (QED) is 0.684. The second kappa shape index (κ2) is 7.11. The minimum atomic E-state index is 0.398. The van der Waals surface area contributed by atoms with Crippen molar-refractivity contribution in [2.45, 2.75) is 51.5 Å². The Morgan fingerprint density at radius 1 is 1.19 bits per heavy atom. The lowest BCUT2D eigenvalue weighted by atomic mass is 9.89. The van der Waals surface area contributed by atoms with Crippen LogP contribution in [0.25, 0.3) is 11.2 Å². The highest BCUT2D eigenvalue weighted by molar-refractivity contribution is 6.30. The van der Waals surface area contributed by atoms with Crippen LogP contribution in [0.5, 0.6) is 0 Å². The smallest absolute Gasteiger partial charge is 0.202 e. The number of nitrogens with one attached hydrogen (secondary N) is 1. The van der Waals surface area contributed by atoms with Gasteiger partial charge in [0.1, 0.15) is 5.82 Å². The highest BCUT2D eigenvalue weighted by Gasteiger charge is 2.22. The van der Waals surface area contributed by atoms with Crippen LogP contribution in [0.1, 0.15) is 50.8 Å². The van der Waals surface area contributed by atoms with Crippen LogP contribution in [0.15, 0.2) is 24.3 Å². The highest BCUT2D eigenvalue weighted by atomic mass is 35.5. The van der Waals surface area contributed by atoms with E-state index in [1.165, 1.54) is 19.3 Å². The van der Waals surface area contributed by atoms with Gasteiger partial charge in [-0.05, 0) is 38.0 Å². The number of rotatable bonds is 4. The molecule has 7 heteroatoms. The third kappa shape index (κ3) is 3.21. The molecule has 1 aliphatic rings. The molecular weight excluding hydrogens is 348 g/mol. The summed E-state index contributed by atoms with van der Waals surface area (Å²) in [7, 11) is 0. The fourth-order valence-corrected chi connectivity index (χ4v) is 3.87. The summed E-state index contributed by atoms with van der Waals surface area (Å²) in [5.74, 6) is 2.44. The Morgan fingerprint density at radius 3 is 2.73 bits per heavy atom. The minimum absolute atomic E-state index is 0.398. The molecular formula is C19H23ClN6. The largest absolute Gasteiger partial charge is 0.369 e. The van der Waals surface area contributed by atoms with Gasteiger partial charge in [-0.2, -0.15) is 0 Å². The number of halogens is 1. The number of aryl methyl sites for hydroxylation is 1. The van der Waals surface area contributed by atoms with Gasteiger partial charge in [0.2, 0.25) is 5.95 Å². The number of aromatic nitrogens is 4. The van der Waals surface area contributed by atoms with Crippen LogP contribution in [-0.4, -0.2) is 19.5 Å². The third-order valence-corrected chi connectivity index (χ3v) is 5.25. The molecule has 0 unspecified atom stereocenters. The van der Waals surface area contributed by atoms with Crippen LogP contribution in [0.3, 0.4) is 0 Å². The first kappa shape index (κ1) is 17.1. The Kier molecular flexibility index (Phi) is 4.68. The van der Waals surface area contributed by atoms with Gasteiger partial charge >= 0.3 is 0 Å². The Bertz CT molecular complexity index is 929. The van der Waals surface area contributed by atoms with Gasteiger partial charge in [0.15, 0.2) is 17.0 Å². The lowest BCUT2D eigenvalue weighted by Crippen LogP contribution is -2.11. The fraction of sp³-hybridized carbons (Fsp3) is 0.421. The Hall–Kier alpha value is -2.34. The predicted molar refractivity (Wildman–Crippen MR) is 106 cm³/mol. The van der Waals surface area contributed by atoms with Crippen molar-refractivity contribution >= 4 is 40.2 Å². The first-order valence-corrected chi connectivity index (χ1v) is 9.59. The normalized spacial score (nSPS) is 15.5. The van der Waals surface area contributed by atoms with E-state index in [1.54, 1.807) is 0 Å². The van der Waals surface area contributed by atoms with Crippen molar-refractivity contribution in [3.05, 3.63) is 35.1 Å². The summed E-state index contributed by atoms with van der Waals surface area (Å²) in [6, 6.07) is 7.58. The molecule has 0 spiro atoms. The lowest BCUT2D eigenvalue weighted by molar-refractivity contribution is 0.429. The van der Waals surface area contributed by atoms with E-state index >= 15 is 0 Å². The summed E-state index contributed by atoms with van der Waals surface area (Å²) in [6.07, 6.45) is 6.04. The van der Waals surface area contributed by atoms with Crippen molar-refractivity contribution in [3.63, 3.8) is 0 Å². The monoisotopic (exact) mass is 370 g/mol. The molecule has 2 heterocycles. The molecule has 136 valence electrons. The zero-order valence-electron chi connectivity index (χ0n) is 14.9. The molecule has 1 aromatic carbocycles. The summed E-state index contributed by atoms with van der Waals surface area (Å²) in [4.78, 5) is 14.2. The topological polar surface area (TPSA) is 81.7 Å². The molecule has 0 saturated heterocycles. The first-order chi connectivity index (χ1) is 12.7. The van der Waals surface area contributed by atoms with Gasteiger partial charge in [0.25, 0.3) is 0 Å². The number of nitrogens with zero attached hydrogens (tertiary/aromatic N) is 4. The molecule has 1 aliphatic carbocycles. The van der Waals surface area contributed by atoms with E-state index in [1.807, 2.05) is 35.8 Å². The maximum atomic E-state index is 6.12. The number of hydrogen-bond acceptors (Lipinski definition) is 5.